The first kappa shape index (κ1) is 7.76. The predicted octanol–water partition coefficient (Wildman–Crippen LogP) is 1.36. The summed E-state index contributed by atoms with van der Waals surface area (Å²) >= 11 is 0. The van der Waals surface area contributed by atoms with Crippen LogP contribution in [0.2, 0.25) is 0 Å². The molecule has 0 amide bonds. The lowest BCUT2D eigenvalue weighted by Gasteiger charge is -1.73. The van der Waals surface area contributed by atoms with E-state index in [0.29, 0.717) is 18.3 Å². The maximum absolute atomic E-state index is 5.12. The van der Waals surface area contributed by atoms with Crippen molar-refractivity contribution in [3.05, 3.63) is 12.7 Å². The van der Waals surface area contributed by atoms with Crippen molar-refractivity contribution in [3.63, 3.8) is 0 Å². The number of ether oxygens (including phenoxy) is 2. The van der Waals surface area contributed by atoms with E-state index in [0.717, 1.165) is 6.61 Å². The number of hydrogen-bond acceptors (Lipinski definition) is 2. The fourth-order valence-electron chi connectivity index (χ4n) is 0.838. The Hall–Kier alpha value is -0.340. The van der Waals surface area contributed by atoms with Gasteiger partial charge in [0.2, 0.25) is 0 Å². The van der Waals surface area contributed by atoms with Gasteiger partial charge in [-0.1, -0.05) is 6.08 Å². The van der Waals surface area contributed by atoms with Crippen LogP contribution in [0.1, 0.15) is 13.8 Å². The fourth-order valence-corrected chi connectivity index (χ4v) is 0.838. The highest BCUT2D eigenvalue weighted by Gasteiger charge is 2.48. The van der Waals surface area contributed by atoms with E-state index in [2.05, 4.69) is 13.5 Å². The Labute approximate surface area is 61.8 Å². The van der Waals surface area contributed by atoms with Crippen molar-refractivity contribution in [2.75, 3.05) is 6.61 Å². The van der Waals surface area contributed by atoms with Crippen LogP contribution in [0.25, 0.3) is 0 Å². The van der Waals surface area contributed by atoms with Gasteiger partial charge in [0.1, 0.15) is 12.2 Å². The first-order valence-corrected chi connectivity index (χ1v) is 3.63. The summed E-state index contributed by atoms with van der Waals surface area (Å²) in [6.45, 7) is 8.25. The molecule has 0 aromatic rings. The van der Waals surface area contributed by atoms with Gasteiger partial charge in [-0.15, -0.1) is 6.58 Å². The molecule has 0 N–H and O–H groups in total. The largest absolute Gasteiger partial charge is 0.370 e. The molecular weight excluding hydrogens is 128 g/mol. The molecule has 0 aromatic carbocycles. The van der Waals surface area contributed by atoms with Gasteiger partial charge in [-0.3, -0.25) is 0 Å². The minimum absolute atomic E-state index is 0.458. The van der Waals surface area contributed by atoms with Crippen LogP contribution in [-0.2, 0) is 9.47 Å². The highest BCUT2D eigenvalue weighted by Crippen LogP contribution is 2.32. The summed E-state index contributed by atoms with van der Waals surface area (Å²) in [5.74, 6) is 0. The van der Waals surface area contributed by atoms with Crippen LogP contribution in [0.4, 0.5) is 0 Å². The second kappa shape index (κ2) is 3.17. The monoisotopic (exact) mass is 142 g/mol. The van der Waals surface area contributed by atoms with Crippen molar-refractivity contribution in [3.8, 4) is 0 Å². The third kappa shape index (κ3) is 2.12. The molecule has 2 fully saturated rings. The summed E-state index contributed by atoms with van der Waals surface area (Å²) < 4.78 is 10.1. The van der Waals surface area contributed by atoms with E-state index in [9.17, 15) is 0 Å². The predicted molar refractivity (Wildman–Crippen MR) is 39.9 cm³/mol. The highest BCUT2D eigenvalue weighted by atomic mass is 16.7. The first-order chi connectivity index (χ1) is 4.79. The lowest BCUT2D eigenvalue weighted by Crippen LogP contribution is -1.97. The van der Waals surface area contributed by atoms with Gasteiger partial charge < -0.3 is 9.47 Å². The zero-order valence-electron chi connectivity index (χ0n) is 6.54. The first-order valence-electron chi connectivity index (χ1n) is 3.63. The van der Waals surface area contributed by atoms with Gasteiger partial charge in [0.15, 0.2) is 0 Å². The maximum Gasteiger partial charge on any atom is 0.112 e. The Balaban J connectivity index is 0.000000148. The SMILES string of the molecule is C=CC.CC1OC1C1CO1. The van der Waals surface area contributed by atoms with E-state index < -0.39 is 0 Å². The smallest absolute Gasteiger partial charge is 0.112 e. The molecule has 2 nitrogen and oxygen atoms in total. The molecule has 2 aliphatic heterocycles. The quantitative estimate of drug-likeness (QED) is 0.408. The molecule has 0 aliphatic carbocycles. The van der Waals surface area contributed by atoms with E-state index >= 15 is 0 Å². The lowest BCUT2D eigenvalue weighted by atomic mass is 10.3. The van der Waals surface area contributed by atoms with Crippen molar-refractivity contribution in [1.29, 1.82) is 0 Å². The fraction of sp³-hybridized carbons (Fsp3) is 0.750. The summed E-state index contributed by atoms with van der Waals surface area (Å²) in [4.78, 5) is 0. The summed E-state index contributed by atoms with van der Waals surface area (Å²) in [6.07, 6.45) is 3.16. The second-order valence-electron chi connectivity index (χ2n) is 2.59. The molecule has 0 radical (unpaired) electrons. The average molecular weight is 142 g/mol. The molecule has 58 valence electrons. The number of hydrogen-bond donors (Lipinski definition) is 0. The van der Waals surface area contributed by atoms with E-state index in [1.807, 2.05) is 6.92 Å². The Kier molecular flexibility index (Phi) is 2.46. The molecule has 2 aliphatic rings. The summed E-state index contributed by atoms with van der Waals surface area (Å²) in [6, 6.07) is 0. The van der Waals surface area contributed by atoms with E-state index in [1.165, 1.54) is 0 Å². The third-order valence-electron chi connectivity index (χ3n) is 1.48. The molecule has 2 rings (SSSR count). The van der Waals surface area contributed by atoms with Gasteiger partial charge >= 0.3 is 0 Å². The van der Waals surface area contributed by atoms with Crippen molar-refractivity contribution in [1.82, 2.24) is 0 Å². The minimum Gasteiger partial charge on any atom is -0.370 e. The molecule has 2 heterocycles. The van der Waals surface area contributed by atoms with Crippen molar-refractivity contribution in [2.24, 2.45) is 0 Å². The lowest BCUT2D eigenvalue weighted by molar-refractivity contribution is 0.318. The topological polar surface area (TPSA) is 25.1 Å². The van der Waals surface area contributed by atoms with Crippen LogP contribution in [0.15, 0.2) is 12.7 Å². The van der Waals surface area contributed by atoms with Crippen LogP contribution in [0.5, 0.6) is 0 Å². The molecular formula is C8H14O2. The van der Waals surface area contributed by atoms with Gasteiger partial charge in [-0.25, -0.2) is 0 Å². The zero-order valence-corrected chi connectivity index (χ0v) is 6.54. The third-order valence-corrected chi connectivity index (χ3v) is 1.48. The Morgan fingerprint density at radius 3 is 2.10 bits per heavy atom. The molecule has 0 spiro atoms. The second-order valence-corrected chi connectivity index (χ2v) is 2.59. The molecule has 10 heavy (non-hydrogen) atoms. The Bertz CT molecular complexity index is 118. The van der Waals surface area contributed by atoms with E-state index in [-0.39, 0.29) is 0 Å². The van der Waals surface area contributed by atoms with Gasteiger partial charge in [0.05, 0.1) is 12.7 Å². The Morgan fingerprint density at radius 1 is 1.60 bits per heavy atom. The van der Waals surface area contributed by atoms with Crippen molar-refractivity contribution >= 4 is 0 Å². The van der Waals surface area contributed by atoms with Crippen LogP contribution >= 0.6 is 0 Å². The van der Waals surface area contributed by atoms with Crippen LogP contribution in [0, 0.1) is 0 Å². The number of rotatable bonds is 1. The van der Waals surface area contributed by atoms with Crippen molar-refractivity contribution < 1.29 is 9.47 Å². The molecule has 0 aromatic heterocycles. The number of allylic oxidation sites excluding steroid dienone is 1. The zero-order chi connectivity index (χ0) is 7.56. The van der Waals surface area contributed by atoms with Gasteiger partial charge in [0, 0.05) is 0 Å². The molecule has 0 saturated carbocycles. The summed E-state index contributed by atoms with van der Waals surface area (Å²) in [7, 11) is 0. The molecule has 0 bridgehead atoms. The molecule has 3 unspecified atom stereocenters. The van der Waals surface area contributed by atoms with Gasteiger partial charge in [-0.2, -0.15) is 0 Å². The van der Waals surface area contributed by atoms with Gasteiger partial charge in [-0.05, 0) is 13.8 Å². The highest BCUT2D eigenvalue weighted by molar-refractivity contribution is 4.93. The van der Waals surface area contributed by atoms with Crippen LogP contribution < -0.4 is 0 Å². The van der Waals surface area contributed by atoms with E-state index in [1.54, 1.807) is 6.08 Å². The molecule has 2 heteroatoms. The molecule has 3 atom stereocenters. The van der Waals surface area contributed by atoms with Crippen LogP contribution in [-0.4, -0.2) is 24.9 Å². The Morgan fingerprint density at radius 2 is 2.00 bits per heavy atom. The van der Waals surface area contributed by atoms with E-state index in [4.69, 9.17) is 9.47 Å². The van der Waals surface area contributed by atoms with Crippen molar-refractivity contribution in [2.45, 2.75) is 32.2 Å². The van der Waals surface area contributed by atoms with Crippen LogP contribution in [0.3, 0.4) is 0 Å². The summed E-state index contributed by atoms with van der Waals surface area (Å²) in [5, 5.41) is 0. The minimum atomic E-state index is 0.458. The number of epoxide rings is 2. The average Bonchev–Trinajstić information content (AvgIpc) is 2.59. The standard InChI is InChI=1S/C5H8O2.C3H6/c1-3-5(7-3)4-2-6-4;1-3-2/h3-5H,2H2,1H3;3H,1H2,2H3. The maximum atomic E-state index is 5.12. The normalized spacial score (nSPS) is 41.2. The summed E-state index contributed by atoms with van der Waals surface area (Å²) in [5.41, 5.74) is 0. The molecule has 2 saturated heterocycles. The van der Waals surface area contributed by atoms with Gasteiger partial charge in [0.25, 0.3) is 0 Å².